The molecule has 0 unspecified atom stereocenters. The van der Waals surface area contributed by atoms with Gasteiger partial charge in [-0.1, -0.05) is 31.1 Å². The van der Waals surface area contributed by atoms with Crippen LogP contribution in [0, 0.1) is 11.3 Å². The highest BCUT2D eigenvalue weighted by Gasteiger charge is 2.08. The van der Waals surface area contributed by atoms with Crippen molar-refractivity contribution in [1.29, 1.82) is 5.26 Å². The van der Waals surface area contributed by atoms with Crippen molar-refractivity contribution in [2.75, 3.05) is 6.54 Å². The fourth-order valence-electron chi connectivity index (χ4n) is 1.80. The number of benzene rings is 1. The Bertz CT molecular complexity index is 676. The number of nitrogens with zero attached hydrogens (tertiary/aromatic N) is 1. The molecule has 1 amide bonds. The minimum absolute atomic E-state index is 0.0420. The third kappa shape index (κ3) is 6.93. The molecular formula is C19H22N2O3. The van der Waals surface area contributed by atoms with Crippen molar-refractivity contribution >= 4 is 18.0 Å². The summed E-state index contributed by atoms with van der Waals surface area (Å²) in [6, 6.07) is 8.50. The highest BCUT2D eigenvalue weighted by molar-refractivity contribution is 6.01. The van der Waals surface area contributed by atoms with Gasteiger partial charge in [-0.25, -0.2) is 4.79 Å². The van der Waals surface area contributed by atoms with Crippen LogP contribution in [0.1, 0.15) is 39.2 Å². The Balaban J connectivity index is 2.76. The third-order valence-corrected chi connectivity index (χ3v) is 3.00. The van der Waals surface area contributed by atoms with Gasteiger partial charge in [-0.05, 0) is 44.0 Å². The number of unbranched alkanes of at least 4 members (excludes halogenated alkanes) is 1. The number of nitriles is 1. The molecule has 0 spiro atoms. The van der Waals surface area contributed by atoms with E-state index < -0.39 is 5.97 Å². The number of hydrogen-bond acceptors (Lipinski definition) is 4. The average molecular weight is 326 g/mol. The summed E-state index contributed by atoms with van der Waals surface area (Å²) in [5.41, 5.74) is 1.58. The van der Waals surface area contributed by atoms with Crippen LogP contribution >= 0.6 is 0 Å². The molecule has 0 bridgehead atoms. The Labute approximate surface area is 142 Å². The summed E-state index contributed by atoms with van der Waals surface area (Å²) >= 11 is 0. The van der Waals surface area contributed by atoms with Gasteiger partial charge in [0.05, 0.1) is 0 Å². The molecule has 0 aromatic heterocycles. The lowest BCUT2D eigenvalue weighted by atomic mass is 10.1. The summed E-state index contributed by atoms with van der Waals surface area (Å²) in [6.45, 7) is 6.20. The molecule has 1 N–H and O–H groups in total. The van der Waals surface area contributed by atoms with E-state index in [9.17, 15) is 9.59 Å². The molecule has 5 nitrogen and oxygen atoms in total. The summed E-state index contributed by atoms with van der Waals surface area (Å²) < 4.78 is 5.14. The molecule has 1 aromatic carbocycles. The van der Waals surface area contributed by atoms with Crippen molar-refractivity contribution in [3.8, 4) is 11.8 Å². The number of allylic oxidation sites excluding steroid dienone is 1. The van der Waals surface area contributed by atoms with Crippen molar-refractivity contribution in [2.24, 2.45) is 0 Å². The van der Waals surface area contributed by atoms with Crippen molar-refractivity contribution < 1.29 is 14.3 Å². The van der Waals surface area contributed by atoms with Gasteiger partial charge >= 0.3 is 5.97 Å². The van der Waals surface area contributed by atoms with Gasteiger partial charge < -0.3 is 10.1 Å². The molecular weight excluding hydrogens is 304 g/mol. The zero-order chi connectivity index (χ0) is 17.9. The molecule has 0 aliphatic carbocycles. The van der Waals surface area contributed by atoms with Crippen molar-refractivity contribution in [1.82, 2.24) is 5.32 Å². The molecule has 24 heavy (non-hydrogen) atoms. The van der Waals surface area contributed by atoms with Crippen molar-refractivity contribution in [3.63, 3.8) is 0 Å². The number of ether oxygens (including phenoxy) is 1. The molecule has 1 aromatic rings. The Kier molecular flexibility index (Phi) is 8.00. The second-order valence-electron chi connectivity index (χ2n) is 5.49. The highest BCUT2D eigenvalue weighted by Crippen LogP contribution is 2.15. The molecule has 5 heteroatoms. The summed E-state index contributed by atoms with van der Waals surface area (Å²) in [7, 11) is 0. The minimum atomic E-state index is -0.439. The van der Waals surface area contributed by atoms with Crippen LogP contribution in [0.4, 0.5) is 0 Å². The largest absolute Gasteiger partial charge is 0.423 e. The van der Waals surface area contributed by atoms with Crippen LogP contribution in [0.25, 0.3) is 6.08 Å². The van der Waals surface area contributed by atoms with Crippen LogP contribution in [-0.4, -0.2) is 18.4 Å². The third-order valence-electron chi connectivity index (χ3n) is 3.00. The van der Waals surface area contributed by atoms with Crippen LogP contribution < -0.4 is 10.1 Å². The van der Waals surface area contributed by atoms with E-state index in [-0.39, 0.29) is 11.5 Å². The second kappa shape index (κ2) is 10.0. The van der Waals surface area contributed by atoms with Crippen LogP contribution in [0.15, 0.2) is 41.5 Å². The number of rotatable bonds is 7. The number of esters is 1. The smallest absolute Gasteiger partial charge is 0.336 e. The number of carbonyl (C=O) groups is 2. The van der Waals surface area contributed by atoms with E-state index >= 15 is 0 Å². The van der Waals surface area contributed by atoms with E-state index in [4.69, 9.17) is 10.00 Å². The first kappa shape index (κ1) is 19.2. The molecule has 0 aliphatic rings. The van der Waals surface area contributed by atoms with E-state index in [1.165, 1.54) is 12.2 Å². The van der Waals surface area contributed by atoms with Crippen LogP contribution in [-0.2, 0) is 9.59 Å². The Morgan fingerprint density at radius 2 is 1.92 bits per heavy atom. The molecule has 0 radical (unpaired) electrons. The SMILES string of the molecule is CCCCNC(=O)/C(C#N)=C/c1ccc(OC(=O)C=C(C)C)cc1. The Hall–Kier alpha value is -2.87. The van der Waals surface area contributed by atoms with Gasteiger partial charge in [0.25, 0.3) is 5.91 Å². The second-order valence-corrected chi connectivity index (χ2v) is 5.49. The predicted octanol–water partition coefficient (Wildman–Crippen LogP) is 3.38. The summed E-state index contributed by atoms with van der Waals surface area (Å²) in [5, 5.41) is 11.8. The number of nitrogens with one attached hydrogen (secondary N) is 1. The normalized spacial score (nSPS) is 10.5. The maximum Gasteiger partial charge on any atom is 0.336 e. The molecule has 0 heterocycles. The molecule has 0 fully saturated rings. The average Bonchev–Trinajstić information content (AvgIpc) is 2.53. The maximum atomic E-state index is 11.9. The lowest BCUT2D eigenvalue weighted by molar-refractivity contribution is -0.129. The van der Waals surface area contributed by atoms with Gasteiger partial charge in [-0.3, -0.25) is 4.79 Å². The first-order valence-electron chi connectivity index (χ1n) is 7.83. The van der Waals surface area contributed by atoms with E-state index in [1.54, 1.807) is 24.3 Å². The van der Waals surface area contributed by atoms with E-state index in [0.717, 1.165) is 18.4 Å². The van der Waals surface area contributed by atoms with Crippen LogP contribution in [0.2, 0.25) is 0 Å². The van der Waals surface area contributed by atoms with Crippen molar-refractivity contribution in [3.05, 3.63) is 47.1 Å². The fraction of sp³-hybridized carbons (Fsp3) is 0.316. The van der Waals surface area contributed by atoms with E-state index in [0.29, 0.717) is 17.9 Å². The first-order valence-corrected chi connectivity index (χ1v) is 7.83. The van der Waals surface area contributed by atoms with Gasteiger partial charge in [-0.15, -0.1) is 0 Å². The highest BCUT2D eigenvalue weighted by atomic mass is 16.5. The molecule has 0 atom stereocenters. The number of carbonyl (C=O) groups excluding carboxylic acids is 2. The fourth-order valence-corrected chi connectivity index (χ4v) is 1.80. The monoisotopic (exact) mass is 326 g/mol. The molecule has 126 valence electrons. The standard InChI is InChI=1S/C19H22N2O3/c1-4-5-10-21-19(23)16(13-20)12-15-6-8-17(9-7-15)24-18(22)11-14(2)3/h6-9,11-12H,4-5,10H2,1-3H3,(H,21,23)/b16-12+. The predicted molar refractivity (Wildman–Crippen MR) is 93.0 cm³/mol. The van der Waals surface area contributed by atoms with Gasteiger partial charge in [0.15, 0.2) is 0 Å². The van der Waals surface area contributed by atoms with Gasteiger partial charge in [0.1, 0.15) is 17.4 Å². The Morgan fingerprint density at radius 1 is 1.25 bits per heavy atom. The lowest BCUT2D eigenvalue weighted by Crippen LogP contribution is -2.25. The van der Waals surface area contributed by atoms with Crippen molar-refractivity contribution in [2.45, 2.75) is 33.6 Å². The quantitative estimate of drug-likeness (QED) is 0.274. The van der Waals surface area contributed by atoms with Crippen LogP contribution in [0.3, 0.4) is 0 Å². The van der Waals surface area contributed by atoms with Gasteiger partial charge in [0, 0.05) is 12.6 Å². The van der Waals surface area contributed by atoms with Gasteiger partial charge in [-0.2, -0.15) is 5.26 Å². The lowest BCUT2D eigenvalue weighted by Gasteiger charge is -2.04. The van der Waals surface area contributed by atoms with E-state index in [2.05, 4.69) is 5.32 Å². The zero-order valence-corrected chi connectivity index (χ0v) is 14.3. The van der Waals surface area contributed by atoms with Gasteiger partial charge in [0.2, 0.25) is 0 Å². The first-order chi connectivity index (χ1) is 11.5. The molecule has 1 rings (SSSR count). The number of amides is 1. The zero-order valence-electron chi connectivity index (χ0n) is 14.3. The molecule has 0 saturated carbocycles. The maximum absolute atomic E-state index is 11.9. The molecule has 0 saturated heterocycles. The Morgan fingerprint density at radius 3 is 2.46 bits per heavy atom. The minimum Gasteiger partial charge on any atom is -0.423 e. The van der Waals surface area contributed by atoms with Crippen LogP contribution in [0.5, 0.6) is 5.75 Å². The summed E-state index contributed by atoms with van der Waals surface area (Å²) in [6.07, 6.45) is 4.75. The number of hydrogen-bond donors (Lipinski definition) is 1. The summed E-state index contributed by atoms with van der Waals surface area (Å²) in [4.78, 5) is 23.4. The molecule has 0 aliphatic heterocycles. The van der Waals surface area contributed by atoms with E-state index in [1.807, 2.05) is 26.8 Å². The summed E-state index contributed by atoms with van der Waals surface area (Å²) in [5.74, 6) is -0.420. The topological polar surface area (TPSA) is 79.2 Å².